The molecule has 4 nitrogen and oxygen atoms in total. The number of aliphatic hydroxyl groups is 1. The highest BCUT2D eigenvalue weighted by molar-refractivity contribution is 5.97. The second-order valence-electron chi connectivity index (χ2n) is 4.22. The van der Waals surface area contributed by atoms with E-state index in [1.807, 2.05) is 0 Å². The van der Waals surface area contributed by atoms with Crippen LogP contribution in [0.5, 0.6) is 5.75 Å². The van der Waals surface area contributed by atoms with Gasteiger partial charge in [0.05, 0.1) is 11.7 Å². The van der Waals surface area contributed by atoms with Crippen molar-refractivity contribution in [2.24, 2.45) is 0 Å². The number of aryl methyl sites for hydroxylation is 1. The first-order chi connectivity index (χ1) is 8.02. The van der Waals surface area contributed by atoms with E-state index in [-0.39, 0.29) is 17.8 Å². The third kappa shape index (κ3) is 4.07. The second kappa shape index (κ2) is 6.25. The van der Waals surface area contributed by atoms with Crippen LogP contribution in [0.25, 0.3) is 0 Å². The zero-order chi connectivity index (χ0) is 12.8. The molecule has 0 aliphatic rings. The summed E-state index contributed by atoms with van der Waals surface area (Å²) in [5, 5.41) is 21.5. The highest BCUT2D eigenvalue weighted by Gasteiger charge is 2.11. The number of carbonyl (C=O) groups is 1. The molecule has 0 spiro atoms. The molecule has 0 aromatic heterocycles. The average Bonchev–Trinajstić information content (AvgIpc) is 2.27. The number of aromatic hydroxyl groups is 1. The number of amides is 1. The van der Waals surface area contributed by atoms with Crippen molar-refractivity contribution in [1.29, 1.82) is 0 Å². The van der Waals surface area contributed by atoms with Crippen LogP contribution in [0, 0.1) is 6.92 Å². The van der Waals surface area contributed by atoms with Gasteiger partial charge in [0.1, 0.15) is 5.75 Å². The van der Waals surface area contributed by atoms with Crippen molar-refractivity contribution in [2.45, 2.75) is 32.8 Å². The summed E-state index contributed by atoms with van der Waals surface area (Å²) < 4.78 is 0. The molecule has 0 fully saturated rings. The molecule has 17 heavy (non-hydrogen) atoms. The van der Waals surface area contributed by atoms with Crippen LogP contribution in [0.1, 0.15) is 35.7 Å². The van der Waals surface area contributed by atoms with E-state index in [4.69, 9.17) is 5.11 Å². The van der Waals surface area contributed by atoms with Gasteiger partial charge < -0.3 is 15.5 Å². The van der Waals surface area contributed by atoms with Crippen molar-refractivity contribution < 1.29 is 15.0 Å². The van der Waals surface area contributed by atoms with Crippen molar-refractivity contribution in [2.75, 3.05) is 6.54 Å². The molecule has 0 saturated heterocycles. The lowest BCUT2D eigenvalue weighted by Gasteiger charge is -2.08. The van der Waals surface area contributed by atoms with Gasteiger partial charge in [-0.1, -0.05) is 12.1 Å². The van der Waals surface area contributed by atoms with E-state index in [9.17, 15) is 9.90 Å². The summed E-state index contributed by atoms with van der Waals surface area (Å²) in [7, 11) is 0. The molecule has 0 aliphatic heterocycles. The Hall–Kier alpha value is -1.55. The summed E-state index contributed by atoms with van der Waals surface area (Å²) in [6, 6.07) is 5.08. The predicted octanol–water partition coefficient (Wildman–Crippen LogP) is 1.59. The Bertz CT molecular complexity index is 388. The Morgan fingerprint density at radius 3 is 2.82 bits per heavy atom. The largest absolute Gasteiger partial charge is 0.507 e. The lowest BCUT2D eigenvalue weighted by atomic mass is 10.1. The first-order valence-electron chi connectivity index (χ1n) is 5.77. The third-order valence-electron chi connectivity index (χ3n) is 2.57. The first-order valence-corrected chi connectivity index (χ1v) is 5.77. The molecular weight excluding hydrogens is 218 g/mol. The molecule has 1 atom stereocenters. The summed E-state index contributed by atoms with van der Waals surface area (Å²) in [6.07, 6.45) is 1.02. The van der Waals surface area contributed by atoms with Crippen LogP contribution in [-0.4, -0.2) is 28.8 Å². The number of aliphatic hydroxyl groups excluding tert-OH is 1. The van der Waals surface area contributed by atoms with Gasteiger partial charge in [0.2, 0.25) is 0 Å². The predicted molar refractivity (Wildman–Crippen MR) is 66.1 cm³/mol. The van der Waals surface area contributed by atoms with E-state index >= 15 is 0 Å². The standard InChI is InChI=1S/C13H19NO3/c1-9-5-3-7-11(12(9)16)13(17)14-8-4-6-10(2)15/h3,5,7,10,15-16H,4,6,8H2,1-2H3,(H,14,17). The zero-order valence-corrected chi connectivity index (χ0v) is 10.2. The van der Waals surface area contributed by atoms with Crippen LogP contribution in [0.4, 0.5) is 0 Å². The molecule has 3 N–H and O–H groups in total. The minimum atomic E-state index is -0.348. The molecule has 1 aromatic carbocycles. The molecule has 0 radical (unpaired) electrons. The van der Waals surface area contributed by atoms with Crippen LogP contribution in [0.15, 0.2) is 18.2 Å². The van der Waals surface area contributed by atoms with E-state index < -0.39 is 0 Å². The van der Waals surface area contributed by atoms with E-state index in [1.165, 1.54) is 0 Å². The second-order valence-corrected chi connectivity index (χ2v) is 4.22. The van der Waals surface area contributed by atoms with Gasteiger partial charge in [-0.3, -0.25) is 4.79 Å². The van der Waals surface area contributed by atoms with Gasteiger partial charge in [0.25, 0.3) is 5.91 Å². The Kier molecular flexibility index (Phi) is 4.97. The Balaban J connectivity index is 2.50. The highest BCUT2D eigenvalue weighted by atomic mass is 16.3. The summed E-state index contributed by atoms with van der Waals surface area (Å²) in [5.41, 5.74) is 0.976. The number of rotatable bonds is 5. The maximum absolute atomic E-state index is 11.7. The molecule has 1 rings (SSSR count). The molecule has 1 amide bonds. The number of phenols is 1. The molecule has 0 heterocycles. The van der Waals surface area contributed by atoms with Crippen LogP contribution in [-0.2, 0) is 0 Å². The average molecular weight is 237 g/mol. The van der Waals surface area contributed by atoms with E-state index in [0.29, 0.717) is 24.1 Å². The SMILES string of the molecule is Cc1cccc(C(=O)NCCCC(C)O)c1O. The number of para-hydroxylation sites is 1. The monoisotopic (exact) mass is 237 g/mol. The van der Waals surface area contributed by atoms with Gasteiger partial charge >= 0.3 is 0 Å². The topological polar surface area (TPSA) is 69.6 Å². The zero-order valence-electron chi connectivity index (χ0n) is 10.2. The highest BCUT2D eigenvalue weighted by Crippen LogP contribution is 2.20. The van der Waals surface area contributed by atoms with Gasteiger partial charge in [-0.25, -0.2) is 0 Å². The van der Waals surface area contributed by atoms with E-state index in [2.05, 4.69) is 5.32 Å². The third-order valence-corrected chi connectivity index (χ3v) is 2.57. The van der Waals surface area contributed by atoms with Crippen molar-refractivity contribution in [1.82, 2.24) is 5.32 Å². The van der Waals surface area contributed by atoms with Crippen molar-refractivity contribution in [3.05, 3.63) is 29.3 Å². The molecule has 1 unspecified atom stereocenters. The number of nitrogens with one attached hydrogen (secondary N) is 1. The summed E-state index contributed by atoms with van der Waals surface area (Å²) in [5.74, 6) is -0.252. The molecule has 1 aromatic rings. The fourth-order valence-electron chi connectivity index (χ4n) is 1.54. The maximum atomic E-state index is 11.7. The lowest BCUT2D eigenvalue weighted by Crippen LogP contribution is -2.25. The summed E-state index contributed by atoms with van der Waals surface area (Å²) in [6.45, 7) is 3.96. The number of hydrogen-bond acceptors (Lipinski definition) is 3. The maximum Gasteiger partial charge on any atom is 0.255 e. The molecular formula is C13H19NO3. The van der Waals surface area contributed by atoms with Crippen LogP contribution < -0.4 is 5.32 Å². The minimum Gasteiger partial charge on any atom is -0.507 e. The molecule has 94 valence electrons. The van der Waals surface area contributed by atoms with Gasteiger partial charge in [-0.15, -0.1) is 0 Å². The smallest absolute Gasteiger partial charge is 0.255 e. The fourth-order valence-corrected chi connectivity index (χ4v) is 1.54. The normalized spacial score (nSPS) is 12.2. The van der Waals surface area contributed by atoms with Gasteiger partial charge in [-0.05, 0) is 38.3 Å². The van der Waals surface area contributed by atoms with Crippen LogP contribution in [0.2, 0.25) is 0 Å². The fraction of sp³-hybridized carbons (Fsp3) is 0.462. The molecule has 4 heteroatoms. The minimum absolute atomic E-state index is 0.0283. The van der Waals surface area contributed by atoms with Gasteiger partial charge in [0, 0.05) is 6.54 Å². The van der Waals surface area contributed by atoms with Crippen molar-refractivity contribution >= 4 is 5.91 Å². The summed E-state index contributed by atoms with van der Waals surface area (Å²) >= 11 is 0. The first kappa shape index (κ1) is 13.5. The molecule has 0 bridgehead atoms. The number of carbonyl (C=O) groups excluding carboxylic acids is 1. The quantitative estimate of drug-likeness (QED) is 0.681. The Labute approximate surface area is 101 Å². The van der Waals surface area contributed by atoms with Crippen LogP contribution in [0.3, 0.4) is 0 Å². The van der Waals surface area contributed by atoms with Crippen LogP contribution >= 0.6 is 0 Å². The lowest BCUT2D eigenvalue weighted by molar-refractivity contribution is 0.0947. The van der Waals surface area contributed by atoms with Gasteiger partial charge in [-0.2, -0.15) is 0 Å². The van der Waals surface area contributed by atoms with Gasteiger partial charge in [0.15, 0.2) is 0 Å². The summed E-state index contributed by atoms with van der Waals surface area (Å²) in [4.78, 5) is 11.7. The Morgan fingerprint density at radius 1 is 1.47 bits per heavy atom. The van der Waals surface area contributed by atoms with Crippen molar-refractivity contribution in [3.8, 4) is 5.75 Å². The van der Waals surface area contributed by atoms with E-state index in [0.717, 1.165) is 6.42 Å². The number of benzene rings is 1. The van der Waals surface area contributed by atoms with E-state index in [1.54, 1.807) is 32.0 Å². The number of phenolic OH excluding ortho intramolecular Hbond substituents is 1. The molecule has 0 aliphatic carbocycles. The van der Waals surface area contributed by atoms with Crippen molar-refractivity contribution in [3.63, 3.8) is 0 Å². The molecule has 0 saturated carbocycles. The number of hydrogen-bond donors (Lipinski definition) is 3. The Morgan fingerprint density at radius 2 is 2.18 bits per heavy atom.